The molecular weight excluding hydrogens is 500 g/mol. The molecule has 2 heterocycles. The minimum absolute atomic E-state index is 0.0124. The van der Waals surface area contributed by atoms with E-state index in [9.17, 15) is 23.5 Å². The van der Waals surface area contributed by atoms with Crippen LogP contribution in [0.5, 0.6) is 0 Å². The molecule has 2 aromatic carbocycles. The van der Waals surface area contributed by atoms with Crippen molar-refractivity contribution in [3.63, 3.8) is 0 Å². The Morgan fingerprint density at radius 2 is 1.87 bits per heavy atom. The molecule has 3 N–H and O–H groups in total. The number of benzene rings is 2. The molecule has 2 saturated heterocycles. The fourth-order valence-corrected chi connectivity index (χ4v) is 5.97. The van der Waals surface area contributed by atoms with Crippen molar-refractivity contribution in [2.24, 2.45) is 5.92 Å². The summed E-state index contributed by atoms with van der Waals surface area (Å²) in [4.78, 5) is 29.0. The molecular formula is C31H41F2N3O3. The predicted molar refractivity (Wildman–Crippen MR) is 147 cm³/mol. The fourth-order valence-electron chi connectivity index (χ4n) is 5.97. The number of nitrogens with zero attached hydrogens (tertiary/aromatic N) is 1. The van der Waals surface area contributed by atoms with Crippen LogP contribution in [0.1, 0.15) is 63.0 Å². The van der Waals surface area contributed by atoms with Crippen LogP contribution in [0.4, 0.5) is 8.78 Å². The van der Waals surface area contributed by atoms with Gasteiger partial charge in [-0.15, -0.1) is 0 Å². The first kappa shape index (κ1) is 29.2. The van der Waals surface area contributed by atoms with Crippen molar-refractivity contribution >= 4 is 11.8 Å². The van der Waals surface area contributed by atoms with Crippen LogP contribution in [0.2, 0.25) is 0 Å². The molecule has 4 rings (SSSR count). The van der Waals surface area contributed by atoms with Gasteiger partial charge in [-0.05, 0) is 74.8 Å². The molecule has 5 atom stereocenters. The molecule has 2 fully saturated rings. The minimum atomic E-state index is -0.955. The highest BCUT2D eigenvalue weighted by Gasteiger charge is 2.40. The first-order chi connectivity index (χ1) is 18.9. The summed E-state index contributed by atoms with van der Waals surface area (Å²) in [6.07, 6.45) is 5.35. The normalized spacial score (nSPS) is 21.6. The highest BCUT2D eigenvalue weighted by molar-refractivity contribution is 5.89. The van der Waals surface area contributed by atoms with Crippen molar-refractivity contribution in [3.05, 3.63) is 71.3 Å². The van der Waals surface area contributed by atoms with Crippen molar-refractivity contribution < 1.29 is 23.5 Å². The molecule has 0 saturated carbocycles. The van der Waals surface area contributed by atoms with Crippen LogP contribution in [0.15, 0.2) is 48.5 Å². The summed E-state index contributed by atoms with van der Waals surface area (Å²) in [6.45, 7) is 3.38. The lowest BCUT2D eigenvalue weighted by molar-refractivity contribution is -0.140. The number of aryl methyl sites for hydroxylation is 1. The Labute approximate surface area is 230 Å². The second-order valence-corrected chi connectivity index (χ2v) is 11.0. The van der Waals surface area contributed by atoms with Gasteiger partial charge < -0.3 is 20.6 Å². The summed E-state index contributed by atoms with van der Waals surface area (Å²) in [5.74, 6) is -1.81. The molecule has 1 unspecified atom stereocenters. The van der Waals surface area contributed by atoms with Gasteiger partial charge >= 0.3 is 0 Å². The Hall–Kier alpha value is -2.84. The van der Waals surface area contributed by atoms with E-state index in [1.165, 1.54) is 12.1 Å². The molecule has 212 valence electrons. The van der Waals surface area contributed by atoms with E-state index in [4.69, 9.17) is 0 Å². The molecule has 39 heavy (non-hydrogen) atoms. The third-order valence-corrected chi connectivity index (χ3v) is 8.11. The SMILES string of the molecule is CCCC[C@H]1CCN(C(CCc2ccccc2)C(=O)N[C@@H](Cc2cc(F)cc(F)c2)[C@H](O)[C@H]2CCCN2)C1=O. The van der Waals surface area contributed by atoms with Gasteiger partial charge in [-0.2, -0.15) is 0 Å². The first-order valence-electron chi connectivity index (χ1n) is 14.4. The average molecular weight is 542 g/mol. The van der Waals surface area contributed by atoms with Crippen LogP contribution in [0, 0.1) is 17.6 Å². The van der Waals surface area contributed by atoms with Crippen LogP contribution in [0.3, 0.4) is 0 Å². The maximum atomic E-state index is 14.0. The van der Waals surface area contributed by atoms with Crippen LogP contribution < -0.4 is 10.6 Å². The number of aliphatic hydroxyl groups excluding tert-OH is 1. The van der Waals surface area contributed by atoms with E-state index < -0.39 is 29.8 Å². The zero-order valence-corrected chi connectivity index (χ0v) is 22.8. The molecule has 0 bridgehead atoms. The molecule has 0 aromatic heterocycles. The van der Waals surface area contributed by atoms with Crippen LogP contribution in [-0.2, 0) is 22.4 Å². The second kappa shape index (κ2) is 14.0. The van der Waals surface area contributed by atoms with E-state index in [0.29, 0.717) is 24.9 Å². The summed E-state index contributed by atoms with van der Waals surface area (Å²) in [5.41, 5.74) is 1.43. The van der Waals surface area contributed by atoms with E-state index in [1.807, 2.05) is 30.3 Å². The maximum Gasteiger partial charge on any atom is 0.243 e. The van der Waals surface area contributed by atoms with Crippen LogP contribution in [0.25, 0.3) is 0 Å². The van der Waals surface area contributed by atoms with Gasteiger partial charge in [0.25, 0.3) is 0 Å². The van der Waals surface area contributed by atoms with Crippen LogP contribution >= 0.6 is 0 Å². The first-order valence-corrected chi connectivity index (χ1v) is 14.4. The Morgan fingerprint density at radius 3 is 2.54 bits per heavy atom. The summed E-state index contributed by atoms with van der Waals surface area (Å²) >= 11 is 0. The molecule has 2 aliphatic heterocycles. The van der Waals surface area contributed by atoms with Crippen molar-refractivity contribution in [2.45, 2.75) is 88.9 Å². The molecule has 2 aliphatic rings. The quantitative estimate of drug-likeness (QED) is 0.356. The summed E-state index contributed by atoms with van der Waals surface area (Å²) in [6, 6.07) is 11.4. The van der Waals surface area contributed by atoms with E-state index in [1.54, 1.807) is 4.90 Å². The van der Waals surface area contributed by atoms with Crippen molar-refractivity contribution in [3.8, 4) is 0 Å². The Balaban J connectivity index is 1.55. The molecule has 0 spiro atoms. The summed E-state index contributed by atoms with van der Waals surface area (Å²) in [5, 5.41) is 17.5. The highest BCUT2D eigenvalue weighted by Crippen LogP contribution is 2.27. The van der Waals surface area contributed by atoms with Gasteiger partial charge in [0, 0.05) is 24.6 Å². The van der Waals surface area contributed by atoms with Gasteiger partial charge in [0.1, 0.15) is 17.7 Å². The maximum absolute atomic E-state index is 14.0. The lowest BCUT2D eigenvalue weighted by Crippen LogP contribution is -2.57. The third-order valence-electron chi connectivity index (χ3n) is 8.11. The number of unbranched alkanes of at least 4 members (excludes halogenated alkanes) is 1. The van der Waals surface area contributed by atoms with Gasteiger partial charge in [-0.1, -0.05) is 50.1 Å². The number of aliphatic hydroxyl groups is 1. The lowest BCUT2D eigenvalue weighted by atomic mass is 9.94. The second-order valence-electron chi connectivity index (χ2n) is 11.0. The smallest absolute Gasteiger partial charge is 0.243 e. The van der Waals surface area contributed by atoms with E-state index in [-0.39, 0.29) is 30.2 Å². The number of carbonyl (C=O) groups excluding carboxylic acids is 2. The number of hydrogen-bond acceptors (Lipinski definition) is 4. The van der Waals surface area contributed by atoms with Gasteiger partial charge in [0.05, 0.1) is 12.1 Å². The number of halogens is 2. The topological polar surface area (TPSA) is 81.7 Å². The fraction of sp³-hybridized carbons (Fsp3) is 0.548. The zero-order valence-electron chi connectivity index (χ0n) is 22.8. The number of amides is 2. The lowest BCUT2D eigenvalue weighted by Gasteiger charge is -2.33. The zero-order chi connectivity index (χ0) is 27.8. The number of rotatable bonds is 13. The predicted octanol–water partition coefficient (Wildman–Crippen LogP) is 4.15. The monoisotopic (exact) mass is 541 g/mol. The van der Waals surface area contributed by atoms with E-state index >= 15 is 0 Å². The van der Waals surface area contributed by atoms with Gasteiger partial charge in [0.2, 0.25) is 11.8 Å². The van der Waals surface area contributed by atoms with Gasteiger partial charge in [0.15, 0.2) is 0 Å². The Morgan fingerprint density at radius 1 is 1.13 bits per heavy atom. The minimum Gasteiger partial charge on any atom is -0.389 e. The van der Waals surface area contributed by atoms with Crippen molar-refractivity contribution in [1.29, 1.82) is 0 Å². The van der Waals surface area contributed by atoms with Crippen LogP contribution in [-0.4, -0.2) is 59.1 Å². The number of carbonyl (C=O) groups is 2. The Bertz CT molecular complexity index is 1070. The number of hydrogen-bond donors (Lipinski definition) is 3. The molecule has 0 radical (unpaired) electrons. The average Bonchev–Trinajstić information content (AvgIpc) is 3.58. The van der Waals surface area contributed by atoms with Gasteiger partial charge in [-0.25, -0.2) is 8.78 Å². The molecule has 2 amide bonds. The summed E-state index contributed by atoms with van der Waals surface area (Å²) in [7, 11) is 0. The van der Waals surface area contributed by atoms with Crippen molar-refractivity contribution in [1.82, 2.24) is 15.5 Å². The molecule has 8 heteroatoms. The van der Waals surface area contributed by atoms with E-state index in [2.05, 4.69) is 17.6 Å². The Kier molecular flexibility index (Phi) is 10.5. The largest absolute Gasteiger partial charge is 0.389 e. The standard InChI is InChI=1S/C31H41F2N3O3/c1-2-3-10-23-14-16-36(31(23)39)28(13-12-21-8-5-4-6-9-21)30(38)35-27(29(37)26-11-7-15-34-26)19-22-17-24(32)20-25(33)18-22/h4-6,8-9,17-18,20,23,26-29,34,37H,2-3,7,10-16,19H2,1H3,(H,35,38)/t23-,26+,27-,28?,29+/m0/s1. The third kappa shape index (κ3) is 7.85. The molecule has 0 aliphatic carbocycles. The van der Waals surface area contributed by atoms with E-state index in [0.717, 1.165) is 56.7 Å². The van der Waals surface area contributed by atoms with Crippen molar-refractivity contribution in [2.75, 3.05) is 13.1 Å². The van der Waals surface area contributed by atoms with Gasteiger partial charge in [-0.3, -0.25) is 9.59 Å². The number of nitrogens with one attached hydrogen (secondary N) is 2. The molecule has 2 aromatic rings. The number of likely N-dealkylation sites (tertiary alicyclic amines) is 1. The summed E-state index contributed by atoms with van der Waals surface area (Å²) < 4.78 is 27.9. The molecule has 6 nitrogen and oxygen atoms in total. The highest BCUT2D eigenvalue weighted by atomic mass is 19.1.